The number of carbonyl (C=O) groups is 2. The van der Waals surface area contributed by atoms with E-state index in [1.807, 2.05) is 0 Å². The monoisotopic (exact) mass is 322 g/mol. The Morgan fingerprint density at radius 3 is 2.67 bits per heavy atom. The largest absolute Gasteiger partial charge is 0.453 e. The van der Waals surface area contributed by atoms with Gasteiger partial charge < -0.3 is 4.74 Å². The topological polar surface area (TPSA) is 69.2 Å². The standard InChI is InChI=1S/C14H11ClN2O3S/c1-21-14-16-7-10(15)12(17-14)13(19)20-8-11(18)9-5-3-2-4-6-9/h2-7H,8H2,1H3. The molecule has 0 fully saturated rings. The summed E-state index contributed by atoms with van der Waals surface area (Å²) in [6, 6.07) is 8.58. The number of hydrogen-bond donors (Lipinski definition) is 0. The summed E-state index contributed by atoms with van der Waals surface area (Å²) < 4.78 is 4.95. The lowest BCUT2D eigenvalue weighted by molar-refractivity contribution is 0.0468. The van der Waals surface area contributed by atoms with Crippen LogP contribution in [0.5, 0.6) is 0 Å². The zero-order chi connectivity index (χ0) is 15.2. The Hall–Kier alpha value is -1.92. The van der Waals surface area contributed by atoms with E-state index in [0.29, 0.717) is 10.7 Å². The summed E-state index contributed by atoms with van der Waals surface area (Å²) in [6.07, 6.45) is 3.10. The van der Waals surface area contributed by atoms with Crippen molar-refractivity contribution in [3.05, 3.63) is 52.8 Å². The van der Waals surface area contributed by atoms with Crippen LogP contribution in [0.1, 0.15) is 20.8 Å². The SMILES string of the molecule is CSc1ncc(Cl)c(C(=O)OCC(=O)c2ccccc2)n1. The van der Waals surface area contributed by atoms with Gasteiger partial charge in [0.25, 0.3) is 0 Å². The van der Waals surface area contributed by atoms with Gasteiger partial charge >= 0.3 is 5.97 Å². The van der Waals surface area contributed by atoms with Crippen LogP contribution in [-0.2, 0) is 4.74 Å². The van der Waals surface area contributed by atoms with E-state index in [-0.39, 0.29) is 23.1 Å². The number of Topliss-reactive ketones (excluding diaryl/α,β-unsaturated/α-hetero) is 1. The molecule has 0 unspecified atom stereocenters. The molecule has 0 aliphatic heterocycles. The molecule has 1 aromatic heterocycles. The summed E-state index contributed by atoms with van der Waals surface area (Å²) in [5.74, 6) is -1.04. The van der Waals surface area contributed by atoms with Gasteiger partial charge in [0.1, 0.15) is 0 Å². The number of carbonyl (C=O) groups excluding carboxylic acids is 2. The van der Waals surface area contributed by atoms with Gasteiger partial charge in [-0.05, 0) is 6.26 Å². The molecule has 0 spiro atoms. The molecule has 0 aliphatic carbocycles. The molecule has 0 saturated heterocycles. The number of nitrogens with zero attached hydrogens (tertiary/aromatic N) is 2. The third-order valence-corrected chi connectivity index (χ3v) is 3.37. The fraction of sp³-hybridized carbons (Fsp3) is 0.143. The lowest BCUT2D eigenvalue weighted by atomic mass is 10.1. The highest BCUT2D eigenvalue weighted by atomic mass is 35.5. The maximum atomic E-state index is 11.9. The van der Waals surface area contributed by atoms with Crippen LogP contribution in [0.2, 0.25) is 5.02 Å². The van der Waals surface area contributed by atoms with Crippen LogP contribution in [0, 0.1) is 0 Å². The molecule has 108 valence electrons. The Bertz CT molecular complexity index is 665. The van der Waals surface area contributed by atoms with Crippen LogP contribution in [0.15, 0.2) is 41.7 Å². The van der Waals surface area contributed by atoms with E-state index in [0.717, 1.165) is 0 Å². The normalized spacial score (nSPS) is 10.2. The summed E-state index contributed by atoms with van der Waals surface area (Å²) >= 11 is 7.14. The zero-order valence-electron chi connectivity index (χ0n) is 11.1. The number of benzene rings is 1. The molecule has 5 nitrogen and oxygen atoms in total. The van der Waals surface area contributed by atoms with Gasteiger partial charge in [-0.25, -0.2) is 14.8 Å². The van der Waals surface area contributed by atoms with E-state index in [1.54, 1.807) is 36.6 Å². The minimum atomic E-state index is -0.748. The highest BCUT2D eigenvalue weighted by molar-refractivity contribution is 7.98. The molecule has 0 radical (unpaired) electrons. The average molecular weight is 323 g/mol. The third-order valence-electron chi connectivity index (χ3n) is 2.53. The van der Waals surface area contributed by atoms with Gasteiger partial charge in [-0.2, -0.15) is 0 Å². The Labute approximate surface area is 130 Å². The number of aromatic nitrogens is 2. The first-order valence-corrected chi connectivity index (χ1v) is 7.54. The molecular formula is C14H11ClN2O3S. The molecule has 1 aromatic carbocycles. The first kappa shape index (κ1) is 15.5. The lowest BCUT2D eigenvalue weighted by Gasteiger charge is -2.06. The minimum absolute atomic E-state index is 0.0446. The summed E-state index contributed by atoms with van der Waals surface area (Å²) in [5, 5.41) is 0.491. The molecule has 2 aromatic rings. The summed E-state index contributed by atoms with van der Waals surface area (Å²) in [4.78, 5) is 31.7. The molecule has 0 amide bonds. The highest BCUT2D eigenvalue weighted by Crippen LogP contribution is 2.17. The van der Waals surface area contributed by atoms with E-state index >= 15 is 0 Å². The van der Waals surface area contributed by atoms with Crippen molar-refractivity contribution in [3.8, 4) is 0 Å². The van der Waals surface area contributed by atoms with E-state index in [1.165, 1.54) is 18.0 Å². The maximum absolute atomic E-state index is 11.9. The molecule has 1 heterocycles. The van der Waals surface area contributed by atoms with Crippen LogP contribution in [0.25, 0.3) is 0 Å². The molecule has 21 heavy (non-hydrogen) atoms. The molecule has 0 bridgehead atoms. The fourth-order valence-electron chi connectivity index (χ4n) is 1.50. The van der Waals surface area contributed by atoms with Crippen molar-refractivity contribution in [2.45, 2.75) is 5.16 Å². The second-order valence-corrected chi connectivity index (χ2v) is 5.10. The van der Waals surface area contributed by atoms with Crippen molar-refractivity contribution in [1.29, 1.82) is 0 Å². The van der Waals surface area contributed by atoms with Crippen molar-refractivity contribution < 1.29 is 14.3 Å². The summed E-state index contributed by atoms with van der Waals surface area (Å²) in [6.45, 7) is -0.363. The van der Waals surface area contributed by atoms with Crippen LogP contribution in [-0.4, -0.2) is 34.6 Å². The number of rotatable bonds is 5. The second-order valence-electron chi connectivity index (χ2n) is 3.92. The predicted molar refractivity (Wildman–Crippen MR) is 79.9 cm³/mol. The van der Waals surface area contributed by atoms with Gasteiger partial charge in [0.2, 0.25) is 0 Å². The van der Waals surface area contributed by atoms with Crippen LogP contribution in [0.4, 0.5) is 0 Å². The van der Waals surface area contributed by atoms with Gasteiger partial charge in [-0.3, -0.25) is 4.79 Å². The average Bonchev–Trinajstić information content (AvgIpc) is 2.53. The van der Waals surface area contributed by atoms with Gasteiger partial charge in [0, 0.05) is 5.56 Å². The first-order chi connectivity index (χ1) is 10.1. The van der Waals surface area contributed by atoms with Gasteiger partial charge in [0.15, 0.2) is 23.2 Å². The quantitative estimate of drug-likeness (QED) is 0.365. The van der Waals surface area contributed by atoms with E-state index < -0.39 is 5.97 Å². The van der Waals surface area contributed by atoms with Gasteiger partial charge in [-0.15, -0.1) is 0 Å². The summed E-state index contributed by atoms with van der Waals surface area (Å²) in [7, 11) is 0. The summed E-state index contributed by atoms with van der Waals surface area (Å²) in [5.41, 5.74) is 0.431. The molecule has 0 atom stereocenters. The van der Waals surface area contributed by atoms with Crippen molar-refractivity contribution in [3.63, 3.8) is 0 Å². The van der Waals surface area contributed by atoms with Gasteiger partial charge in [-0.1, -0.05) is 53.7 Å². The minimum Gasteiger partial charge on any atom is -0.453 e. The number of halogens is 1. The number of ketones is 1. The maximum Gasteiger partial charge on any atom is 0.359 e. The number of thioether (sulfide) groups is 1. The lowest BCUT2D eigenvalue weighted by Crippen LogP contribution is -2.16. The Morgan fingerprint density at radius 2 is 2.00 bits per heavy atom. The Balaban J connectivity index is 2.04. The van der Waals surface area contributed by atoms with Crippen molar-refractivity contribution in [1.82, 2.24) is 9.97 Å². The molecular weight excluding hydrogens is 312 g/mol. The fourth-order valence-corrected chi connectivity index (χ4v) is 2.01. The Kier molecular flexibility index (Phi) is 5.30. The van der Waals surface area contributed by atoms with Crippen LogP contribution >= 0.6 is 23.4 Å². The number of esters is 1. The van der Waals surface area contributed by atoms with E-state index in [9.17, 15) is 9.59 Å². The van der Waals surface area contributed by atoms with Crippen LogP contribution < -0.4 is 0 Å². The molecule has 0 aliphatic rings. The molecule has 0 N–H and O–H groups in total. The Morgan fingerprint density at radius 1 is 1.29 bits per heavy atom. The second kappa shape index (κ2) is 7.19. The number of ether oxygens (including phenoxy) is 1. The smallest absolute Gasteiger partial charge is 0.359 e. The predicted octanol–water partition coefficient (Wildman–Crippen LogP) is 2.89. The molecule has 7 heteroatoms. The highest BCUT2D eigenvalue weighted by Gasteiger charge is 2.17. The molecule has 0 saturated carbocycles. The van der Waals surface area contributed by atoms with Crippen molar-refractivity contribution in [2.24, 2.45) is 0 Å². The molecule has 2 rings (SSSR count). The van der Waals surface area contributed by atoms with Crippen molar-refractivity contribution >= 4 is 35.1 Å². The van der Waals surface area contributed by atoms with Gasteiger partial charge in [0.05, 0.1) is 11.2 Å². The number of hydrogen-bond acceptors (Lipinski definition) is 6. The third kappa shape index (κ3) is 4.03. The first-order valence-electron chi connectivity index (χ1n) is 5.93. The van der Waals surface area contributed by atoms with Crippen molar-refractivity contribution in [2.75, 3.05) is 12.9 Å². The van der Waals surface area contributed by atoms with E-state index in [2.05, 4.69) is 9.97 Å². The zero-order valence-corrected chi connectivity index (χ0v) is 12.6. The van der Waals surface area contributed by atoms with Crippen LogP contribution in [0.3, 0.4) is 0 Å². The van der Waals surface area contributed by atoms with E-state index in [4.69, 9.17) is 16.3 Å².